The van der Waals surface area contributed by atoms with Gasteiger partial charge in [0.25, 0.3) is 5.56 Å². The van der Waals surface area contributed by atoms with Crippen LogP contribution in [0.15, 0.2) is 32.4 Å². The van der Waals surface area contributed by atoms with Gasteiger partial charge in [0.1, 0.15) is 0 Å². The Kier molecular flexibility index (Phi) is 8.29. The number of H-pyrrole nitrogens is 1. The van der Waals surface area contributed by atoms with Crippen LogP contribution in [0.3, 0.4) is 0 Å². The fourth-order valence-electron chi connectivity index (χ4n) is 2.18. The molecule has 0 bridgehead atoms. The first kappa shape index (κ1) is 21.4. The third-order valence-electron chi connectivity index (χ3n) is 3.23. The monoisotopic (exact) mass is 372 g/mol. The molecule has 0 radical (unpaired) electrons. The van der Waals surface area contributed by atoms with E-state index in [1.807, 2.05) is 0 Å². The molecule has 0 spiro atoms. The maximum Gasteiger partial charge on any atom is 0.365 e. The Morgan fingerprint density at radius 2 is 1.92 bits per heavy atom. The minimum atomic E-state index is -3.55. The minimum Gasteiger partial charge on any atom is -0.396 e. The second-order valence-electron chi connectivity index (χ2n) is 5.36. The molecular formula is C16H25N2O6P. The summed E-state index contributed by atoms with van der Waals surface area (Å²) in [4.78, 5) is 25.5. The van der Waals surface area contributed by atoms with Crippen LogP contribution in [0, 0.1) is 6.92 Å². The third-order valence-corrected chi connectivity index (χ3v) is 5.42. The summed E-state index contributed by atoms with van der Waals surface area (Å²) >= 11 is 0. The number of aliphatic hydroxyl groups is 1. The van der Waals surface area contributed by atoms with Crippen LogP contribution in [0.4, 0.5) is 0 Å². The Bertz CT molecular complexity index is 807. The molecule has 0 aromatic carbocycles. The lowest BCUT2D eigenvalue weighted by atomic mass is 10.3. The van der Waals surface area contributed by atoms with Crippen molar-refractivity contribution in [1.29, 1.82) is 0 Å². The van der Waals surface area contributed by atoms with Crippen LogP contribution in [0.5, 0.6) is 0 Å². The average Bonchev–Trinajstić information content (AvgIpc) is 2.52. The lowest BCUT2D eigenvalue weighted by Crippen LogP contribution is -2.31. The van der Waals surface area contributed by atoms with E-state index in [9.17, 15) is 19.3 Å². The molecule has 1 rings (SSSR count). The van der Waals surface area contributed by atoms with Gasteiger partial charge in [0.2, 0.25) is 0 Å². The van der Waals surface area contributed by atoms with Gasteiger partial charge >= 0.3 is 13.3 Å². The minimum absolute atomic E-state index is 0.0775. The molecule has 1 heterocycles. The van der Waals surface area contributed by atoms with Crippen molar-refractivity contribution in [2.75, 3.05) is 19.8 Å². The number of nitrogens with zero attached hydrogens (tertiary/aromatic N) is 1. The van der Waals surface area contributed by atoms with Gasteiger partial charge in [-0.25, -0.2) is 4.79 Å². The Morgan fingerprint density at radius 3 is 2.44 bits per heavy atom. The second kappa shape index (κ2) is 9.70. The van der Waals surface area contributed by atoms with Crippen molar-refractivity contribution in [2.24, 2.45) is 0 Å². The van der Waals surface area contributed by atoms with Gasteiger partial charge in [-0.15, -0.1) is 5.73 Å². The lowest BCUT2D eigenvalue weighted by molar-refractivity contribution is 0.222. The topological polar surface area (TPSA) is 111 Å². The van der Waals surface area contributed by atoms with Crippen LogP contribution in [0.25, 0.3) is 0 Å². The molecule has 25 heavy (non-hydrogen) atoms. The van der Waals surface area contributed by atoms with Crippen molar-refractivity contribution < 1.29 is 18.7 Å². The molecule has 0 unspecified atom stereocenters. The number of aromatic nitrogens is 2. The zero-order chi connectivity index (χ0) is 19.0. The molecule has 0 fully saturated rings. The molecule has 0 aliphatic rings. The van der Waals surface area contributed by atoms with Gasteiger partial charge in [0, 0.05) is 24.8 Å². The first-order valence-electron chi connectivity index (χ1n) is 8.03. The standard InChI is InChI=1S/C16H25N2O6P/c1-5-23-25(22,24-6-2)14(7-8-19)9-12(3)10-18-11-13(4)15(20)17-16(18)21/h11,19H,5-8,10H2,1-4H3,(H,17,20,21). The van der Waals surface area contributed by atoms with E-state index in [1.54, 1.807) is 27.7 Å². The van der Waals surface area contributed by atoms with E-state index in [0.29, 0.717) is 11.1 Å². The van der Waals surface area contributed by atoms with Crippen LogP contribution in [-0.2, 0) is 20.2 Å². The SMILES string of the molecule is CCOP(=O)(OCC)C(=C=C(C)Cn1cc(C)c(=O)[nH]c1=O)CCO. The summed E-state index contributed by atoms with van der Waals surface area (Å²) in [5.41, 5.74) is 2.95. The van der Waals surface area contributed by atoms with Crippen LogP contribution in [-0.4, -0.2) is 34.5 Å². The van der Waals surface area contributed by atoms with E-state index in [4.69, 9.17) is 9.05 Å². The molecule has 9 heteroatoms. The van der Waals surface area contributed by atoms with E-state index >= 15 is 0 Å². The van der Waals surface area contributed by atoms with Gasteiger partial charge in [0.05, 0.1) is 25.1 Å². The van der Waals surface area contributed by atoms with Crippen LogP contribution in [0.1, 0.15) is 32.8 Å². The predicted molar refractivity (Wildman–Crippen MR) is 94.8 cm³/mol. The fourth-order valence-corrected chi connectivity index (χ4v) is 3.95. The van der Waals surface area contributed by atoms with E-state index in [-0.39, 0.29) is 38.1 Å². The number of aromatic amines is 1. The van der Waals surface area contributed by atoms with Crippen molar-refractivity contribution in [1.82, 2.24) is 9.55 Å². The summed E-state index contributed by atoms with van der Waals surface area (Å²) in [6, 6.07) is 0. The summed E-state index contributed by atoms with van der Waals surface area (Å²) in [6.45, 7) is 6.97. The number of nitrogens with one attached hydrogen (secondary N) is 1. The Morgan fingerprint density at radius 1 is 1.32 bits per heavy atom. The van der Waals surface area contributed by atoms with Crippen LogP contribution in [0.2, 0.25) is 0 Å². The molecule has 140 valence electrons. The highest BCUT2D eigenvalue weighted by Gasteiger charge is 2.29. The summed E-state index contributed by atoms with van der Waals surface area (Å²) in [6.07, 6.45) is 1.52. The summed E-state index contributed by atoms with van der Waals surface area (Å²) < 4.78 is 24.8. The smallest absolute Gasteiger partial charge is 0.365 e. The van der Waals surface area contributed by atoms with Gasteiger partial charge < -0.3 is 14.2 Å². The quantitative estimate of drug-likeness (QED) is 0.506. The van der Waals surface area contributed by atoms with Gasteiger partial charge in [-0.3, -0.25) is 18.9 Å². The molecule has 2 N–H and O–H groups in total. The zero-order valence-electron chi connectivity index (χ0n) is 15.0. The molecule has 1 aromatic rings. The number of rotatable bonds is 9. The fraction of sp³-hybridized carbons (Fsp3) is 0.562. The summed E-state index contributed by atoms with van der Waals surface area (Å²) in [7, 11) is -3.55. The van der Waals surface area contributed by atoms with Crippen LogP contribution < -0.4 is 11.2 Å². The molecule has 0 saturated heterocycles. The van der Waals surface area contributed by atoms with Gasteiger partial charge in [0.15, 0.2) is 0 Å². The maximum absolute atomic E-state index is 12.9. The van der Waals surface area contributed by atoms with Crippen molar-refractivity contribution in [3.63, 3.8) is 0 Å². The number of hydrogen-bond acceptors (Lipinski definition) is 6. The third kappa shape index (κ3) is 5.96. The highest BCUT2D eigenvalue weighted by Crippen LogP contribution is 2.56. The second-order valence-corrected chi connectivity index (χ2v) is 7.41. The summed E-state index contributed by atoms with van der Waals surface area (Å²) in [5, 5.41) is 9.48. The number of aliphatic hydroxyl groups excluding tert-OH is 1. The Balaban J connectivity index is 3.34. The van der Waals surface area contributed by atoms with Crippen molar-refractivity contribution in [2.45, 2.75) is 40.7 Å². The van der Waals surface area contributed by atoms with Crippen molar-refractivity contribution >= 4 is 7.60 Å². The van der Waals surface area contributed by atoms with Crippen LogP contribution >= 0.6 is 7.60 Å². The highest BCUT2D eigenvalue weighted by molar-refractivity contribution is 7.58. The molecule has 0 amide bonds. The molecule has 8 nitrogen and oxygen atoms in total. The first-order valence-corrected chi connectivity index (χ1v) is 9.57. The lowest BCUT2D eigenvalue weighted by Gasteiger charge is -2.18. The Labute approximate surface area is 146 Å². The zero-order valence-corrected chi connectivity index (χ0v) is 15.9. The maximum atomic E-state index is 12.9. The van der Waals surface area contributed by atoms with E-state index in [0.717, 1.165) is 0 Å². The number of hydrogen-bond donors (Lipinski definition) is 2. The molecule has 0 aliphatic heterocycles. The van der Waals surface area contributed by atoms with Gasteiger partial charge in [-0.05, 0) is 33.3 Å². The predicted octanol–water partition coefficient (Wildman–Crippen LogP) is 1.92. The highest BCUT2D eigenvalue weighted by atomic mass is 31.2. The van der Waals surface area contributed by atoms with Crippen molar-refractivity contribution in [3.05, 3.63) is 49.2 Å². The molecular weight excluding hydrogens is 347 g/mol. The normalized spacial score (nSPS) is 11.2. The molecule has 0 atom stereocenters. The first-order chi connectivity index (χ1) is 11.8. The summed E-state index contributed by atoms with van der Waals surface area (Å²) in [5.74, 6) is 0. The molecule has 1 aromatic heterocycles. The molecule has 0 saturated carbocycles. The van der Waals surface area contributed by atoms with E-state index in [1.165, 1.54) is 10.8 Å². The van der Waals surface area contributed by atoms with E-state index in [2.05, 4.69) is 10.7 Å². The molecule has 0 aliphatic carbocycles. The number of aryl methyl sites for hydroxylation is 1. The average molecular weight is 372 g/mol. The van der Waals surface area contributed by atoms with Crippen molar-refractivity contribution in [3.8, 4) is 0 Å². The van der Waals surface area contributed by atoms with Gasteiger partial charge in [-0.1, -0.05) is 0 Å². The Hall–Kier alpha value is -1.69. The van der Waals surface area contributed by atoms with E-state index < -0.39 is 18.8 Å². The largest absolute Gasteiger partial charge is 0.396 e. The van der Waals surface area contributed by atoms with Gasteiger partial charge in [-0.2, -0.15) is 0 Å².